The van der Waals surface area contributed by atoms with Crippen LogP contribution in [0.5, 0.6) is 17.2 Å². The molecule has 2 heterocycles. The second kappa shape index (κ2) is 7.41. The van der Waals surface area contributed by atoms with E-state index in [9.17, 15) is 0 Å². The maximum atomic E-state index is 6.46. The van der Waals surface area contributed by atoms with E-state index in [1.165, 1.54) is 5.56 Å². The highest BCUT2D eigenvalue weighted by atomic mass is 16.5. The van der Waals surface area contributed by atoms with E-state index in [-0.39, 0.29) is 6.04 Å². The molecular formula is C25H24N2O3. The SMILES string of the molecule is COc1cccc([C@@H]2Oc3ccccc3[C@H]3CC(c4ccc(C)cc4)=NN32)c1OC. The van der Waals surface area contributed by atoms with Crippen LogP contribution in [0.15, 0.2) is 71.8 Å². The van der Waals surface area contributed by atoms with Gasteiger partial charge in [0.2, 0.25) is 6.23 Å². The molecule has 0 saturated heterocycles. The van der Waals surface area contributed by atoms with Crippen molar-refractivity contribution in [2.24, 2.45) is 5.10 Å². The summed E-state index contributed by atoms with van der Waals surface area (Å²) in [4.78, 5) is 0. The summed E-state index contributed by atoms with van der Waals surface area (Å²) in [5, 5.41) is 7.09. The van der Waals surface area contributed by atoms with Crippen molar-refractivity contribution >= 4 is 5.71 Å². The molecule has 0 aromatic heterocycles. The van der Waals surface area contributed by atoms with E-state index in [2.05, 4.69) is 48.3 Å². The van der Waals surface area contributed by atoms with Crippen LogP contribution in [0.1, 0.15) is 40.9 Å². The van der Waals surface area contributed by atoms with Crippen LogP contribution in [-0.4, -0.2) is 24.9 Å². The van der Waals surface area contributed by atoms with Gasteiger partial charge in [0.05, 0.1) is 31.5 Å². The number of fused-ring (bicyclic) bond motifs is 3. The molecule has 2 atom stereocenters. The summed E-state index contributed by atoms with van der Waals surface area (Å²) in [6, 6.07) is 22.7. The number of nitrogens with zero attached hydrogens (tertiary/aromatic N) is 2. The van der Waals surface area contributed by atoms with Crippen molar-refractivity contribution in [3.63, 3.8) is 0 Å². The van der Waals surface area contributed by atoms with E-state index in [1.807, 2.05) is 30.3 Å². The van der Waals surface area contributed by atoms with Crippen LogP contribution < -0.4 is 14.2 Å². The Morgan fingerprint density at radius 2 is 1.67 bits per heavy atom. The maximum Gasteiger partial charge on any atom is 0.217 e. The second-order valence-corrected chi connectivity index (χ2v) is 7.60. The Morgan fingerprint density at radius 1 is 0.900 bits per heavy atom. The average molecular weight is 400 g/mol. The first-order valence-electron chi connectivity index (χ1n) is 10.1. The zero-order valence-electron chi connectivity index (χ0n) is 17.3. The average Bonchev–Trinajstić information content (AvgIpc) is 3.24. The normalized spacial score (nSPS) is 19.4. The number of benzene rings is 3. The van der Waals surface area contributed by atoms with Gasteiger partial charge in [0.15, 0.2) is 11.5 Å². The van der Waals surface area contributed by atoms with Gasteiger partial charge in [-0.05, 0) is 30.7 Å². The van der Waals surface area contributed by atoms with Crippen LogP contribution in [0.2, 0.25) is 0 Å². The summed E-state index contributed by atoms with van der Waals surface area (Å²) >= 11 is 0. The molecule has 0 radical (unpaired) electrons. The molecule has 0 spiro atoms. The Balaban J connectivity index is 1.62. The summed E-state index contributed by atoms with van der Waals surface area (Å²) in [6.45, 7) is 2.10. The van der Waals surface area contributed by atoms with Gasteiger partial charge in [0, 0.05) is 12.0 Å². The monoisotopic (exact) mass is 400 g/mol. The standard InChI is InChI=1S/C25H24N2O3/c1-16-11-13-17(14-12-16)20-15-21-18-7-4-5-9-22(18)30-25(27(21)26-20)19-8-6-10-23(28-2)24(19)29-3/h4-14,21,25H,15H2,1-3H3/t21-,25+/m1/s1. The molecule has 152 valence electrons. The van der Waals surface area contributed by atoms with E-state index in [0.29, 0.717) is 11.5 Å². The molecule has 3 aromatic carbocycles. The molecule has 0 fully saturated rings. The van der Waals surface area contributed by atoms with Gasteiger partial charge in [-0.25, -0.2) is 5.01 Å². The molecule has 5 heteroatoms. The first-order chi connectivity index (χ1) is 14.7. The summed E-state index contributed by atoms with van der Waals surface area (Å²) in [7, 11) is 3.30. The minimum absolute atomic E-state index is 0.104. The molecule has 0 unspecified atom stereocenters. The third-order valence-corrected chi connectivity index (χ3v) is 5.78. The molecule has 2 aliphatic rings. The Hall–Kier alpha value is -3.47. The first-order valence-corrected chi connectivity index (χ1v) is 10.1. The Bertz CT molecular complexity index is 1110. The van der Waals surface area contributed by atoms with Crippen molar-refractivity contribution in [2.75, 3.05) is 14.2 Å². The van der Waals surface area contributed by atoms with Gasteiger partial charge in [0.25, 0.3) is 0 Å². The number of methoxy groups -OCH3 is 2. The second-order valence-electron chi connectivity index (χ2n) is 7.60. The quantitative estimate of drug-likeness (QED) is 0.600. The summed E-state index contributed by atoms with van der Waals surface area (Å²) < 4.78 is 17.7. The number of aryl methyl sites for hydroxylation is 1. The Kier molecular flexibility index (Phi) is 4.58. The fourth-order valence-corrected chi connectivity index (χ4v) is 4.27. The molecule has 0 amide bonds. The molecule has 0 aliphatic carbocycles. The lowest BCUT2D eigenvalue weighted by molar-refractivity contribution is -0.0205. The fraction of sp³-hybridized carbons (Fsp3) is 0.240. The summed E-state index contributed by atoms with van der Waals surface area (Å²) in [5.74, 6) is 2.23. The lowest BCUT2D eigenvalue weighted by atomic mass is 9.95. The predicted octanol–water partition coefficient (Wildman–Crippen LogP) is 5.25. The maximum absolute atomic E-state index is 6.46. The van der Waals surface area contributed by atoms with Gasteiger partial charge in [-0.3, -0.25) is 0 Å². The predicted molar refractivity (Wildman–Crippen MR) is 116 cm³/mol. The van der Waals surface area contributed by atoms with Gasteiger partial charge in [0.1, 0.15) is 5.75 Å². The number of hydrogen-bond acceptors (Lipinski definition) is 5. The highest BCUT2D eigenvalue weighted by molar-refractivity contribution is 6.02. The number of hydrazone groups is 1. The van der Waals surface area contributed by atoms with E-state index in [4.69, 9.17) is 19.3 Å². The Morgan fingerprint density at radius 3 is 2.43 bits per heavy atom. The third kappa shape index (κ3) is 2.98. The van der Waals surface area contributed by atoms with Gasteiger partial charge in [-0.15, -0.1) is 0 Å². The molecule has 5 rings (SSSR count). The van der Waals surface area contributed by atoms with Crippen molar-refractivity contribution < 1.29 is 14.2 Å². The minimum Gasteiger partial charge on any atom is -0.493 e. The molecule has 0 saturated carbocycles. The largest absolute Gasteiger partial charge is 0.493 e. The molecule has 2 aliphatic heterocycles. The van der Waals surface area contributed by atoms with Crippen LogP contribution in [-0.2, 0) is 0 Å². The van der Waals surface area contributed by atoms with Crippen molar-refractivity contribution in [2.45, 2.75) is 25.6 Å². The molecule has 0 N–H and O–H groups in total. The van der Waals surface area contributed by atoms with Crippen molar-refractivity contribution in [1.29, 1.82) is 0 Å². The lowest BCUT2D eigenvalue weighted by Crippen LogP contribution is -2.34. The number of hydrogen-bond donors (Lipinski definition) is 0. The number of para-hydroxylation sites is 2. The van der Waals surface area contributed by atoms with Crippen molar-refractivity contribution in [1.82, 2.24) is 5.01 Å². The van der Waals surface area contributed by atoms with Crippen molar-refractivity contribution in [3.8, 4) is 17.2 Å². The summed E-state index contributed by atoms with van der Waals surface area (Å²) in [5.41, 5.74) is 5.49. The van der Waals surface area contributed by atoms with Gasteiger partial charge in [-0.2, -0.15) is 5.10 Å². The van der Waals surface area contributed by atoms with E-state index < -0.39 is 6.23 Å². The number of rotatable bonds is 4. The molecule has 0 bridgehead atoms. The molecule has 30 heavy (non-hydrogen) atoms. The van der Waals surface area contributed by atoms with E-state index >= 15 is 0 Å². The number of ether oxygens (including phenoxy) is 3. The first kappa shape index (κ1) is 18.6. The summed E-state index contributed by atoms with van der Waals surface area (Å²) in [6.07, 6.45) is 0.421. The zero-order chi connectivity index (χ0) is 20.7. The van der Waals surface area contributed by atoms with Gasteiger partial charge >= 0.3 is 0 Å². The van der Waals surface area contributed by atoms with Crippen LogP contribution in [0.25, 0.3) is 0 Å². The fourth-order valence-electron chi connectivity index (χ4n) is 4.27. The minimum atomic E-state index is -0.405. The highest BCUT2D eigenvalue weighted by Crippen LogP contribution is 2.49. The molecule has 5 nitrogen and oxygen atoms in total. The van der Waals surface area contributed by atoms with E-state index in [1.54, 1.807) is 14.2 Å². The van der Waals surface area contributed by atoms with E-state index in [0.717, 1.165) is 34.6 Å². The lowest BCUT2D eigenvalue weighted by Gasteiger charge is -2.38. The highest BCUT2D eigenvalue weighted by Gasteiger charge is 2.42. The Labute approximate surface area is 176 Å². The smallest absolute Gasteiger partial charge is 0.217 e. The van der Waals surface area contributed by atoms with Gasteiger partial charge < -0.3 is 14.2 Å². The zero-order valence-corrected chi connectivity index (χ0v) is 17.3. The van der Waals surface area contributed by atoms with Crippen LogP contribution in [0.3, 0.4) is 0 Å². The topological polar surface area (TPSA) is 43.3 Å². The van der Waals surface area contributed by atoms with Gasteiger partial charge in [-0.1, -0.05) is 54.1 Å². The molecule has 3 aromatic rings. The van der Waals surface area contributed by atoms with Crippen LogP contribution in [0, 0.1) is 6.92 Å². The third-order valence-electron chi connectivity index (χ3n) is 5.78. The molecular weight excluding hydrogens is 376 g/mol. The van der Waals surface area contributed by atoms with Crippen molar-refractivity contribution in [3.05, 3.63) is 89.0 Å². The van der Waals surface area contributed by atoms with Crippen LogP contribution in [0.4, 0.5) is 0 Å². The van der Waals surface area contributed by atoms with Crippen LogP contribution >= 0.6 is 0 Å².